The zero-order valence-electron chi connectivity index (χ0n) is 20.4. The molecule has 0 saturated carbocycles. The van der Waals surface area contributed by atoms with Gasteiger partial charge < -0.3 is 24.4 Å². The Labute approximate surface area is 198 Å². The van der Waals surface area contributed by atoms with Gasteiger partial charge in [-0.3, -0.25) is 4.79 Å². The fraction of sp³-hybridized carbons (Fsp3) is 0.667. The molecule has 10 heteroatoms. The van der Waals surface area contributed by atoms with Crippen molar-refractivity contribution >= 4 is 12.0 Å². The molecule has 2 rings (SSSR count). The van der Waals surface area contributed by atoms with E-state index in [9.17, 15) is 27.9 Å². The molecule has 0 spiro atoms. The normalized spacial score (nSPS) is 17.1. The number of nitrogens with zero attached hydrogens (tertiary/aromatic N) is 2. The van der Waals surface area contributed by atoms with Gasteiger partial charge in [-0.2, -0.15) is 13.2 Å². The van der Waals surface area contributed by atoms with E-state index >= 15 is 0 Å². The van der Waals surface area contributed by atoms with Crippen LogP contribution in [0.25, 0.3) is 0 Å². The van der Waals surface area contributed by atoms with Crippen LogP contribution < -0.4 is 4.74 Å². The summed E-state index contributed by atoms with van der Waals surface area (Å²) in [6.07, 6.45) is -2.87. The van der Waals surface area contributed by atoms with Crippen LogP contribution in [-0.2, 0) is 15.1 Å². The molecule has 1 aromatic rings. The molecule has 7 nitrogen and oxygen atoms in total. The number of ether oxygens (including phenoxy) is 2. The van der Waals surface area contributed by atoms with Crippen LogP contribution in [0, 0.1) is 5.92 Å². The molecule has 1 saturated heterocycles. The monoisotopic (exact) mass is 488 g/mol. The van der Waals surface area contributed by atoms with Crippen LogP contribution in [0.2, 0.25) is 0 Å². The minimum atomic E-state index is -5.21. The Balaban J connectivity index is 1.93. The van der Waals surface area contributed by atoms with Crippen molar-refractivity contribution in [3.05, 3.63) is 29.8 Å². The zero-order valence-corrected chi connectivity index (χ0v) is 20.4. The van der Waals surface area contributed by atoms with Crippen molar-refractivity contribution < 1.29 is 37.3 Å². The van der Waals surface area contributed by atoms with Crippen molar-refractivity contribution in [2.75, 3.05) is 33.8 Å². The number of methoxy groups -OCH3 is 1. The van der Waals surface area contributed by atoms with Gasteiger partial charge in [0.1, 0.15) is 11.4 Å². The lowest BCUT2D eigenvalue weighted by molar-refractivity contribution is -0.261. The van der Waals surface area contributed by atoms with Gasteiger partial charge in [-0.1, -0.05) is 12.1 Å². The molecule has 0 radical (unpaired) electrons. The lowest BCUT2D eigenvalue weighted by atomic mass is 9.90. The van der Waals surface area contributed by atoms with Crippen LogP contribution in [0.4, 0.5) is 18.0 Å². The summed E-state index contributed by atoms with van der Waals surface area (Å²) in [6, 6.07) is 4.79. The molecule has 1 aliphatic heterocycles. The molecule has 1 unspecified atom stereocenters. The number of carbonyl (C=O) groups excluding carboxylic acids is 2. The van der Waals surface area contributed by atoms with Crippen LogP contribution in [0.5, 0.6) is 5.75 Å². The van der Waals surface area contributed by atoms with Gasteiger partial charge in [-0.15, -0.1) is 0 Å². The Hall–Kier alpha value is -2.49. The predicted octanol–water partition coefficient (Wildman–Crippen LogP) is 4.33. The van der Waals surface area contributed by atoms with E-state index in [-0.39, 0.29) is 18.4 Å². The van der Waals surface area contributed by atoms with Gasteiger partial charge in [-0.05, 0) is 64.5 Å². The van der Waals surface area contributed by atoms with E-state index in [1.54, 1.807) is 4.90 Å². The van der Waals surface area contributed by atoms with E-state index in [0.717, 1.165) is 29.9 Å². The topological polar surface area (TPSA) is 79.3 Å². The summed E-state index contributed by atoms with van der Waals surface area (Å²) in [6.45, 7) is 6.60. The Kier molecular flexibility index (Phi) is 8.85. The number of likely N-dealkylation sites (N-methyl/N-ethyl adjacent to an activating group) is 1. The van der Waals surface area contributed by atoms with Crippen molar-refractivity contribution in [3.63, 3.8) is 0 Å². The number of hydrogen-bond acceptors (Lipinski definition) is 5. The number of likely N-dealkylation sites (tertiary alicyclic amines) is 1. The lowest BCUT2D eigenvalue weighted by Gasteiger charge is -2.34. The summed E-state index contributed by atoms with van der Waals surface area (Å²) in [5.41, 5.74) is -4.82. The fourth-order valence-electron chi connectivity index (χ4n) is 3.98. The first kappa shape index (κ1) is 27.8. The average Bonchev–Trinajstić information content (AvgIpc) is 2.76. The van der Waals surface area contributed by atoms with E-state index in [1.807, 2.05) is 20.8 Å². The summed E-state index contributed by atoms with van der Waals surface area (Å²) < 4.78 is 51.9. The van der Waals surface area contributed by atoms with E-state index in [0.29, 0.717) is 31.8 Å². The summed E-state index contributed by atoms with van der Waals surface area (Å²) in [4.78, 5) is 27.5. The van der Waals surface area contributed by atoms with Crippen LogP contribution in [0.1, 0.15) is 52.0 Å². The molecule has 1 atom stereocenters. The van der Waals surface area contributed by atoms with Gasteiger partial charge in [0.25, 0.3) is 11.5 Å². The van der Waals surface area contributed by atoms with Gasteiger partial charge in [-0.25, -0.2) is 4.79 Å². The number of aliphatic hydroxyl groups is 1. The molecule has 0 aliphatic carbocycles. The van der Waals surface area contributed by atoms with Gasteiger partial charge in [0.05, 0.1) is 7.11 Å². The smallest absolute Gasteiger partial charge is 0.430 e. The SMILES string of the molecule is COc1cccc(C(O)(C(=O)N(C)CCCC2CCN(C(=O)OC(C)(C)C)CC2)C(F)(F)F)c1. The van der Waals surface area contributed by atoms with Gasteiger partial charge in [0, 0.05) is 32.2 Å². The van der Waals surface area contributed by atoms with Crippen molar-refractivity contribution in [1.82, 2.24) is 9.80 Å². The largest absolute Gasteiger partial charge is 0.497 e. The third kappa shape index (κ3) is 6.77. The first-order chi connectivity index (χ1) is 15.7. The highest BCUT2D eigenvalue weighted by Crippen LogP contribution is 2.41. The first-order valence-corrected chi connectivity index (χ1v) is 11.4. The summed E-state index contributed by atoms with van der Waals surface area (Å²) in [5.74, 6) is -1.04. The number of hydrogen-bond donors (Lipinski definition) is 1. The highest BCUT2D eigenvalue weighted by Gasteiger charge is 2.61. The van der Waals surface area contributed by atoms with Gasteiger partial charge in [0.15, 0.2) is 0 Å². The summed E-state index contributed by atoms with van der Waals surface area (Å²) in [5, 5.41) is 10.6. The number of piperidine rings is 1. The minimum Gasteiger partial charge on any atom is -0.497 e. The van der Waals surface area contributed by atoms with Crippen LogP contribution in [0.3, 0.4) is 0 Å². The highest BCUT2D eigenvalue weighted by molar-refractivity contribution is 5.87. The van der Waals surface area contributed by atoms with Crippen LogP contribution in [0.15, 0.2) is 24.3 Å². The number of benzene rings is 1. The molecule has 1 N–H and O–H groups in total. The molecular formula is C24H35F3N2O5. The maximum atomic E-state index is 13.9. The zero-order chi connectivity index (χ0) is 25.7. The van der Waals surface area contributed by atoms with E-state index in [4.69, 9.17) is 9.47 Å². The maximum Gasteiger partial charge on any atom is 0.430 e. The standard InChI is InChI=1S/C24H35F3N2O5/c1-22(2,3)34-21(31)29-14-11-17(12-15-29)8-7-13-28(4)20(30)23(32,24(25,26)27)18-9-6-10-19(16-18)33-5/h6,9-10,16-17,32H,7-8,11-15H2,1-5H3. The maximum absolute atomic E-state index is 13.9. The van der Waals surface area contributed by atoms with E-state index in [2.05, 4.69) is 0 Å². The number of rotatable bonds is 7. The minimum absolute atomic E-state index is 0.0630. The molecule has 2 amide bonds. The molecule has 1 aliphatic rings. The number of amides is 2. The van der Waals surface area contributed by atoms with Crippen LogP contribution >= 0.6 is 0 Å². The van der Waals surface area contributed by atoms with E-state index in [1.165, 1.54) is 26.3 Å². The summed E-state index contributed by atoms with van der Waals surface area (Å²) >= 11 is 0. The summed E-state index contributed by atoms with van der Waals surface area (Å²) in [7, 11) is 2.54. The number of alkyl halides is 3. The third-order valence-corrected chi connectivity index (χ3v) is 5.93. The third-order valence-electron chi connectivity index (χ3n) is 5.93. The Morgan fingerprint density at radius 2 is 1.79 bits per heavy atom. The molecule has 192 valence electrons. The van der Waals surface area contributed by atoms with Gasteiger partial charge in [0.2, 0.25) is 0 Å². The van der Waals surface area contributed by atoms with Crippen molar-refractivity contribution in [3.8, 4) is 5.75 Å². The van der Waals surface area contributed by atoms with Crippen molar-refractivity contribution in [2.24, 2.45) is 5.92 Å². The molecule has 0 aromatic heterocycles. The molecule has 1 heterocycles. The Morgan fingerprint density at radius 1 is 1.18 bits per heavy atom. The molecule has 0 bridgehead atoms. The Morgan fingerprint density at radius 3 is 2.32 bits per heavy atom. The van der Waals surface area contributed by atoms with Crippen molar-refractivity contribution in [1.29, 1.82) is 0 Å². The van der Waals surface area contributed by atoms with E-state index < -0.39 is 28.8 Å². The van der Waals surface area contributed by atoms with Gasteiger partial charge >= 0.3 is 12.3 Å². The molecular weight excluding hydrogens is 453 g/mol. The molecule has 34 heavy (non-hydrogen) atoms. The Bertz CT molecular complexity index is 848. The fourth-order valence-corrected chi connectivity index (χ4v) is 3.98. The second-order valence-corrected chi connectivity index (χ2v) is 9.72. The average molecular weight is 489 g/mol. The number of carbonyl (C=O) groups is 2. The lowest BCUT2D eigenvalue weighted by Crippen LogP contribution is -2.55. The van der Waals surface area contributed by atoms with Crippen molar-refractivity contribution in [2.45, 2.75) is 63.8 Å². The van der Waals surface area contributed by atoms with Crippen LogP contribution in [-0.4, -0.2) is 72.5 Å². The number of halogens is 3. The second-order valence-electron chi connectivity index (χ2n) is 9.72. The predicted molar refractivity (Wildman–Crippen MR) is 120 cm³/mol. The highest BCUT2D eigenvalue weighted by atomic mass is 19.4. The quantitative estimate of drug-likeness (QED) is 0.618. The second kappa shape index (κ2) is 10.8. The molecule has 1 fully saturated rings. The molecule has 1 aromatic carbocycles. The first-order valence-electron chi connectivity index (χ1n) is 11.4.